The summed E-state index contributed by atoms with van der Waals surface area (Å²) in [6, 6.07) is 10.9. The lowest BCUT2D eigenvalue weighted by molar-refractivity contribution is -0.119. The van der Waals surface area contributed by atoms with E-state index in [-0.39, 0.29) is 16.7 Å². The summed E-state index contributed by atoms with van der Waals surface area (Å²) in [5.74, 6) is -0.154. The van der Waals surface area contributed by atoms with Crippen molar-refractivity contribution in [2.45, 2.75) is 30.8 Å². The average Bonchev–Trinajstić information content (AvgIpc) is 3.31. The topological polar surface area (TPSA) is 106 Å². The van der Waals surface area contributed by atoms with Crippen LogP contribution in [0.2, 0.25) is 0 Å². The molecule has 2 aromatic heterocycles. The van der Waals surface area contributed by atoms with Crippen molar-refractivity contribution in [3.63, 3.8) is 0 Å². The van der Waals surface area contributed by atoms with Crippen LogP contribution in [0.5, 0.6) is 0 Å². The molecule has 10 heteroatoms. The fourth-order valence-electron chi connectivity index (χ4n) is 2.32. The average molecular weight is 406 g/mol. The van der Waals surface area contributed by atoms with Crippen molar-refractivity contribution >= 4 is 27.3 Å². The minimum absolute atomic E-state index is 0.154. The fourth-order valence-corrected chi connectivity index (χ4v) is 4.68. The zero-order chi connectivity index (χ0) is 19.3. The summed E-state index contributed by atoms with van der Waals surface area (Å²) in [5.41, 5.74) is 1.91. The molecular weight excluding hydrogens is 386 g/mol. The maximum absolute atomic E-state index is 12.4. The standard InChI is InChI=1S/C17H19N5O3S2/c1-13(23)19-9-16-6-7-17(26-16)27(24,25)21-8-14-2-4-15(5-3-14)10-22-12-18-11-20-22/h2-7,11-12,21H,8-10H2,1H3,(H,19,23). The van der Waals surface area contributed by atoms with Gasteiger partial charge in [-0.2, -0.15) is 5.10 Å². The number of rotatable bonds is 8. The molecule has 142 valence electrons. The van der Waals surface area contributed by atoms with E-state index in [0.717, 1.165) is 27.3 Å². The van der Waals surface area contributed by atoms with Crippen LogP contribution in [0.4, 0.5) is 0 Å². The highest BCUT2D eigenvalue weighted by atomic mass is 32.2. The number of nitrogens with zero attached hydrogens (tertiary/aromatic N) is 3. The molecule has 0 aliphatic carbocycles. The summed E-state index contributed by atoms with van der Waals surface area (Å²) in [4.78, 5) is 15.6. The van der Waals surface area contributed by atoms with Crippen LogP contribution in [0.1, 0.15) is 22.9 Å². The Morgan fingerprint density at radius 1 is 1.11 bits per heavy atom. The summed E-state index contributed by atoms with van der Waals surface area (Å²) in [7, 11) is -3.59. The van der Waals surface area contributed by atoms with E-state index >= 15 is 0 Å². The molecule has 0 bridgehead atoms. The van der Waals surface area contributed by atoms with Crippen LogP contribution in [-0.2, 0) is 34.5 Å². The van der Waals surface area contributed by atoms with Crippen molar-refractivity contribution in [2.75, 3.05) is 0 Å². The number of carbonyl (C=O) groups excluding carboxylic acids is 1. The third-order valence-corrected chi connectivity index (χ3v) is 6.69. The van der Waals surface area contributed by atoms with Crippen LogP contribution in [0.15, 0.2) is 53.3 Å². The first-order valence-electron chi connectivity index (χ1n) is 8.15. The highest BCUT2D eigenvalue weighted by molar-refractivity contribution is 7.91. The first-order valence-corrected chi connectivity index (χ1v) is 10.5. The molecule has 0 aliphatic heterocycles. The van der Waals surface area contributed by atoms with Gasteiger partial charge >= 0.3 is 0 Å². The molecule has 0 atom stereocenters. The zero-order valence-electron chi connectivity index (χ0n) is 14.6. The molecule has 3 aromatic rings. The molecule has 3 rings (SSSR count). The molecule has 0 radical (unpaired) electrons. The molecular formula is C17H19N5O3S2. The summed E-state index contributed by atoms with van der Waals surface area (Å²) in [6.07, 6.45) is 3.12. The summed E-state index contributed by atoms with van der Waals surface area (Å²) in [5, 5.41) is 6.70. The largest absolute Gasteiger partial charge is 0.351 e. The van der Waals surface area contributed by atoms with Crippen molar-refractivity contribution in [1.82, 2.24) is 24.8 Å². The van der Waals surface area contributed by atoms with Crippen LogP contribution in [0.25, 0.3) is 0 Å². The molecule has 2 N–H and O–H groups in total. The van der Waals surface area contributed by atoms with Crippen molar-refractivity contribution in [1.29, 1.82) is 0 Å². The Morgan fingerprint density at radius 2 is 1.85 bits per heavy atom. The number of thiophene rings is 1. The Morgan fingerprint density at radius 3 is 2.52 bits per heavy atom. The maximum atomic E-state index is 12.4. The van der Waals surface area contributed by atoms with Gasteiger partial charge in [0.1, 0.15) is 16.9 Å². The number of nitrogens with one attached hydrogen (secondary N) is 2. The number of benzene rings is 1. The van der Waals surface area contributed by atoms with E-state index in [1.165, 1.54) is 13.3 Å². The van der Waals surface area contributed by atoms with Gasteiger partial charge in [0.05, 0.1) is 13.1 Å². The Hall–Kier alpha value is -2.56. The SMILES string of the molecule is CC(=O)NCc1ccc(S(=O)(=O)NCc2ccc(Cn3cncn3)cc2)s1. The van der Waals surface area contributed by atoms with E-state index in [1.807, 2.05) is 24.3 Å². The van der Waals surface area contributed by atoms with Crippen LogP contribution in [0, 0.1) is 0 Å². The second-order valence-corrected chi connectivity index (χ2v) is 9.03. The normalized spacial score (nSPS) is 11.4. The quantitative estimate of drug-likeness (QED) is 0.591. The Labute approximate surface area is 161 Å². The predicted molar refractivity (Wildman–Crippen MR) is 101 cm³/mol. The first kappa shape index (κ1) is 19.2. The van der Waals surface area contributed by atoms with Gasteiger partial charge in [-0.3, -0.25) is 4.79 Å². The van der Waals surface area contributed by atoms with E-state index in [4.69, 9.17) is 0 Å². The van der Waals surface area contributed by atoms with E-state index in [9.17, 15) is 13.2 Å². The number of aromatic nitrogens is 3. The number of amides is 1. The fraction of sp³-hybridized carbons (Fsp3) is 0.235. The van der Waals surface area contributed by atoms with Gasteiger partial charge in [-0.05, 0) is 23.3 Å². The maximum Gasteiger partial charge on any atom is 0.250 e. The molecule has 1 amide bonds. The Bertz CT molecular complexity index is 996. The van der Waals surface area contributed by atoms with Crippen LogP contribution in [0.3, 0.4) is 0 Å². The minimum atomic E-state index is -3.59. The number of hydrogen-bond acceptors (Lipinski definition) is 6. The molecule has 2 heterocycles. The summed E-state index contributed by atoms with van der Waals surface area (Å²) >= 11 is 1.14. The third-order valence-electron chi connectivity index (χ3n) is 3.71. The molecule has 27 heavy (non-hydrogen) atoms. The molecule has 1 aromatic carbocycles. The second kappa shape index (κ2) is 8.42. The lowest BCUT2D eigenvalue weighted by atomic mass is 10.1. The van der Waals surface area contributed by atoms with Crippen molar-refractivity contribution in [2.24, 2.45) is 0 Å². The Balaban J connectivity index is 1.57. The lowest BCUT2D eigenvalue weighted by Gasteiger charge is -2.06. The van der Waals surface area contributed by atoms with E-state index in [0.29, 0.717) is 13.1 Å². The van der Waals surface area contributed by atoms with E-state index < -0.39 is 10.0 Å². The van der Waals surface area contributed by atoms with Crippen LogP contribution < -0.4 is 10.0 Å². The second-order valence-electron chi connectivity index (χ2n) is 5.86. The first-order chi connectivity index (χ1) is 12.9. The molecule has 0 saturated carbocycles. The lowest BCUT2D eigenvalue weighted by Crippen LogP contribution is -2.22. The number of sulfonamides is 1. The van der Waals surface area contributed by atoms with E-state index in [1.54, 1.807) is 23.1 Å². The smallest absolute Gasteiger partial charge is 0.250 e. The van der Waals surface area contributed by atoms with Gasteiger partial charge in [-0.1, -0.05) is 24.3 Å². The minimum Gasteiger partial charge on any atom is -0.351 e. The molecule has 0 fully saturated rings. The van der Waals surface area contributed by atoms with Gasteiger partial charge in [0.25, 0.3) is 0 Å². The van der Waals surface area contributed by atoms with Crippen molar-refractivity contribution < 1.29 is 13.2 Å². The van der Waals surface area contributed by atoms with Gasteiger partial charge in [0, 0.05) is 18.3 Å². The predicted octanol–water partition coefficient (Wildman–Crippen LogP) is 1.50. The van der Waals surface area contributed by atoms with Crippen LogP contribution in [-0.4, -0.2) is 29.1 Å². The summed E-state index contributed by atoms with van der Waals surface area (Å²) < 4.78 is 29.4. The van der Waals surface area contributed by atoms with Crippen molar-refractivity contribution in [3.8, 4) is 0 Å². The number of hydrogen-bond donors (Lipinski definition) is 2. The van der Waals surface area contributed by atoms with Crippen LogP contribution >= 0.6 is 11.3 Å². The third kappa shape index (κ3) is 5.46. The molecule has 0 aliphatic rings. The van der Waals surface area contributed by atoms with Crippen molar-refractivity contribution in [3.05, 3.63) is 65.1 Å². The van der Waals surface area contributed by atoms with Gasteiger partial charge in [-0.15, -0.1) is 11.3 Å². The van der Waals surface area contributed by atoms with Gasteiger partial charge in [0.2, 0.25) is 15.9 Å². The highest BCUT2D eigenvalue weighted by Crippen LogP contribution is 2.21. The monoisotopic (exact) mass is 405 g/mol. The molecule has 8 nitrogen and oxygen atoms in total. The highest BCUT2D eigenvalue weighted by Gasteiger charge is 2.16. The molecule has 0 unspecified atom stereocenters. The van der Waals surface area contributed by atoms with Gasteiger partial charge < -0.3 is 5.32 Å². The molecule has 0 saturated heterocycles. The van der Waals surface area contributed by atoms with Gasteiger partial charge in [-0.25, -0.2) is 22.8 Å². The summed E-state index contributed by atoms with van der Waals surface area (Å²) in [6.45, 7) is 2.55. The van der Waals surface area contributed by atoms with Gasteiger partial charge in [0.15, 0.2) is 0 Å². The zero-order valence-corrected chi connectivity index (χ0v) is 16.3. The Kier molecular flexibility index (Phi) is 5.99. The molecule has 0 spiro atoms. The van der Waals surface area contributed by atoms with E-state index in [2.05, 4.69) is 20.1 Å². The number of carbonyl (C=O) groups is 1.